The van der Waals surface area contributed by atoms with E-state index in [2.05, 4.69) is 43.2 Å². The van der Waals surface area contributed by atoms with Gasteiger partial charge in [-0.15, -0.1) is 0 Å². The van der Waals surface area contributed by atoms with E-state index in [0.29, 0.717) is 13.2 Å². The zero-order chi connectivity index (χ0) is 17.3. The number of nitrogens with zero attached hydrogens (tertiary/aromatic N) is 2. The van der Waals surface area contributed by atoms with Crippen molar-refractivity contribution in [1.29, 1.82) is 0 Å². The molecular formula is C17H34N4O2. The Balaban J connectivity index is 2.59. The van der Waals surface area contributed by atoms with Gasteiger partial charge >= 0.3 is 5.97 Å². The summed E-state index contributed by atoms with van der Waals surface area (Å²) in [7, 11) is 0. The maximum Gasteiger partial charge on any atom is 0.310 e. The lowest BCUT2D eigenvalue weighted by Crippen LogP contribution is -2.48. The number of guanidine groups is 1. The molecule has 0 bridgehead atoms. The normalized spacial score (nSPS) is 19.6. The van der Waals surface area contributed by atoms with Crippen LogP contribution < -0.4 is 10.6 Å². The highest BCUT2D eigenvalue weighted by Crippen LogP contribution is 2.18. The molecule has 1 aliphatic heterocycles. The Morgan fingerprint density at radius 2 is 2.09 bits per heavy atom. The quantitative estimate of drug-likeness (QED) is 0.336. The molecule has 1 rings (SSSR count). The third-order valence-electron chi connectivity index (χ3n) is 3.70. The van der Waals surface area contributed by atoms with Crippen LogP contribution in [0.15, 0.2) is 4.99 Å². The standard InChI is InChI=1S/C17H34N4O2/c1-6-18-16(19-10-11-20-17(3,4)5)21-12-8-9-14(13-21)15(22)23-7-2/h14,20H,6-13H2,1-5H3,(H,18,19). The largest absolute Gasteiger partial charge is 0.466 e. The number of esters is 1. The second-order valence-electron chi connectivity index (χ2n) is 6.95. The minimum Gasteiger partial charge on any atom is -0.466 e. The molecule has 6 heteroatoms. The molecule has 0 aromatic rings. The van der Waals surface area contributed by atoms with Crippen LogP contribution in [-0.2, 0) is 9.53 Å². The van der Waals surface area contributed by atoms with E-state index < -0.39 is 0 Å². The molecule has 1 heterocycles. The number of aliphatic imine (C=N–C) groups is 1. The number of rotatable bonds is 6. The highest BCUT2D eigenvalue weighted by Gasteiger charge is 2.28. The van der Waals surface area contributed by atoms with Gasteiger partial charge in [0.2, 0.25) is 0 Å². The highest BCUT2D eigenvalue weighted by molar-refractivity contribution is 5.81. The lowest BCUT2D eigenvalue weighted by atomic mass is 9.98. The molecule has 0 saturated carbocycles. The van der Waals surface area contributed by atoms with E-state index in [4.69, 9.17) is 9.73 Å². The lowest BCUT2D eigenvalue weighted by Gasteiger charge is -2.34. The Hall–Kier alpha value is -1.30. The Morgan fingerprint density at radius 1 is 1.35 bits per heavy atom. The van der Waals surface area contributed by atoms with Crippen molar-refractivity contribution < 1.29 is 9.53 Å². The fourth-order valence-electron chi connectivity index (χ4n) is 2.64. The topological polar surface area (TPSA) is 66.0 Å². The zero-order valence-corrected chi connectivity index (χ0v) is 15.4. The second-order valence-corrected chi connectivity index (χ2v) is 6.95. The maximum atomic E-state index is 12.0. The third kappa shape index (κ3) is 7.68. The summed E-state index contributed by atoms with van der Waals surface area (Å²) >= 11 is 0. The fourth-order valence-corrected chi connectivity index (χ4v) is 2.64. The number of nitrogens with one attached hydrogen (secondary N) is 2. The van der Waals surface area contributed by atoms with Gasteiger partial charge in [0.25, 0.3) is 0 Å². The summed E-state index contributed by atoms with van der Waals surface area (Å²) in [5, 5.41) is 6.78. The molecule has 1 fully saturated rings. The Labute approximate surface area is 141 Å². The van der Waals surface area contributed by atoms with Crippen molar-refractivity contribution in [3.8, 4) is 0 Å². The van der Waals surface area contributed by atoms with Crippen molar-refractivity contribution in [3.05, 3.63) is 0 Å². The molecule has 0 spiro atoms. The number of ether oxygens (including phenoxy) is 1. The van der Waals surface area contributed by atoms with Gasteiger partial charge in [0.15, 0.2) is 5.96 Å². The van der Waals surface area contributed by atoms with Gasteiger partial charge < -0.3 is 20.3 Å². The molecular weight excluding hydrogens is 292 g/mol. The van der Waals surface area contributed by atoms with E-state index in [0.717, 1.165) is 45.0 Å². The molecule has 23 heavy (non-hydrogen) atoms. The number of carbonyl (C=O) groups excluding carboxylic acids is 1. The second kappa shape index (κ2) is 9.75. The van der Waals surface area contributed by atoms with E-state index in [-0.39, 0.29) is 17.4 Å². The van der Waals surface area contributed by atoms with Crippen LogP contribution in [0.3, 0.4) is 0 Å². The fraction of sp³-hybridized carbons (Fsp3) is 0.882. The Morgan fingerprint density at radius 3 is 2.70 bits per heavy atom. The van der Waals surface area contributed by atoms with Gasteiger partial charge in [-0.25, -0.2) is 0 Å². The van der Waals surface area contributed by atoms with E-state index in [1.807, 2.05) is 6.92 Å². The number of hydrogen-bond acceptors (Lipinski definition) is 4. The van der Waals surface area contributed by atoms with E-state index in [1.54, 1.807) is 0 Å². The van der Waals surface area contributed by atoms with Crippen LogP contribution in [0.5, 0.6) is 0 Å². The van der Waals surface area contributed by atoms with Crippen LogP contribution in [0.25, 0.3) is 0 Å². The van der Waals surface area contributed by atoms with Gasteiger partial charge in [0, 0.05) is 31.7 Å². The van der Waals surface area contributed by atoms with Gasteiger partial charge in [-0.1, -0.05) is 0 Å². The summed E-state index contributed by atoms with van der Waals surface area (Å²) < 4.78 is 5.17. The molecule has 1 aliphatic rings. The van der Waals surface area contributed by atoms with Gasteiger partial charge in [0.05, 0.1) is 19.1 Å². The molecule has 1 saturated heterocycles. The first-order chi connectivity index (χ1) is 10.9. The van der Waals surface area contributed by atoms with Crippen LogP contribution in [0, 0.1) is 5.92 Å². The minimum atomic E-state index is -0.0811. The van der Waals surface area contributed by atoms with Gasteiger partial charge in [-0.2, -0.15) is 0 Å². The van der Waals surface area contributed by atoms with Crippen LogP contribution in [0.1, 0.15) is 47.5 Å². The van der Waals surface area contributed by atoms with Gasteiger partial charge in [0.1, 0.15) is 0 Å². The summed E-state index contributed by atoms with van der Waals surface area (Å²) in [4.78, 5) is 18.9. The van der Waals surface area contributed by atoms with Crippen molar-refractivity contribution >= 4 is 11.9 Å². The average Bonchev–Trinajstić information content (AvgIpc) is 2.50. The zero-order valence-electron chi connectivity index (χ0n) is 15.4. The molecule has 0 aromatic carbocycles. The molecule has 0 aliphatic carbocycles. The number of piperidine rings is 1. The monoisotopic (exact) mass is 326 g/mol. The van der Waals surface area contributed by atoms with Crippen molar-refractivity contribution in [2.24, 2.45) is 10.9 Å². The van der Waals surface area contributed by atoms with Crippen molar-refractivity contribution in [2.45, 2.75) is 53.0 Å². The maximum absolute atomic E-state index is 12.0. The third-order valence-corrected chi connectivity index (χ3v) is 3.70. The average molecular weight is 326 g/mol. The predicted molar refractivity (Wildman–Crippen MR) is 94.7 cm³/mol. The molecule has 1 unspecified atom stereocenters. The number of hydrogen-bond donors (Lipinski definition) is 2. The van der Waals surface area contributed by atoms with Crippen molar-refractivity contribution in [1.82, 2.24) is 15.5 Å². The number of likely N-dealkylation sites (tertiary alicyclic amines) is 1. The summed E-state index contributed by atoms with van der Waals surface area (Å²) in [5.74, 6) is 0.778. The summed E-state index contributed by atoms with van der Waals surface area (Å²) in [6, 6.07) is 0. The Bertz CT molecular complexity index is 391. The SMILES string of the molecule is CCNC(=NCCNC(C)(C)C)N1CCCC(C(=O)OCC)C1. The van der Waals surface area contributed by atoms with Crippen LogP contribution >= 0.6 is 0 Å². The number of carbonyl (C=O) groups is 1. The van der Waals surface area contributed by atoms with E-state index in [9.17, 15) is 4.79 Å². The van der Waals surface area contributed by atoms with Gasteiger partial charge in [-0.3, -0.25) is 9.79 Å². The van der Waals surface area contributed by atoms with Crippen molar-refractivity contribution in [3.63, 3.8) is 0 Å². The minimum absolute atomic E-state index is 0.0414. The van der Waals surface area contributed by atoms with Crippen molar-refractivity contribution in [2.75, 3.05) is 39.3 Å². The van der Waals surface area contributed by atoms with Gasteiger partial charge in [-0.05, 0) is 47.5 Å². The van der Waals surface area contributed by atoms with Crippen LogP contribution in [-0.4, -0.2) is 61.7 Å². The molecule has 0 aromatic heterocycles. The first kappa shape index (κ1) is 19.7. The molecule has 1 atom stereocenters. The first-order valence-electron chi connectivity index (χ1n) is 8.82. The first-order valence-corrected chi connectivity index (χ1v) is 8.82. The van der Waals surface area contributed by atoms with E-state index in [1.165, 1.54) is 0 Å². The summed E-state index contributed by atoms with van der Waals surface area (Å²) in [6.07, 6.45) is 1.90. The molecule has 134 valence electrons. The predicted octanol–water partition coefficient (Wildman–Crippen LogP) is 1.62. The smallest absolute Gasteiger partial charge is 0.310 e. The molecule has 0 amide bonds. The van der Waals surface area contributed by atoms with E-state index >= 15 is 0 Å². The summed E-state index contributed by atoms with van der Waals surface area (Å²) in [5.41, 5.74) is 0.105. The lowest BCUT2D eigenvalue weighted by molar-refractivity contribution is -0.149. The Kier molecular flexibility index (Phi) is 8.37. The summed E-state index contributed by atoms with van der Waals surface area (Å²) in [6.45, 7) is 14.8. The highest BCUT2D eigenvalue weighted by atomic mass is 16.5. The van der Waals surface area contributed by atoms with Crippen LogP contribution in [0.4, 0.5) is 0 Å². The van der Waals surface area contributed by atoms with Crippen LogP contribution in [0.2, 0.25) is 0 Å². The molecule has 6 nitrogen and oxygen atoms in total. The molecule has 2 N–H and O–H groups in total. The molecule has 0 radical (unpaired) electrons.